The van der Waals surface area contributed by atoms with Crippen LogP contribution in [0.2, 0.25) is 0 Å². The molecule has 0 unspecified atom stereocenters. The van der Waals surface area contributed by atoms with Crippen LogP contribution in [0.1, 0.15) is 6.92 Å². The van der Waals surface area contributed by atoms with Gasteiger partial charge in [-0.3, -0.25) is 9.59 Å². The molecule has 0 rings (SSSR count). The summed E-state index contributed by atoms with van der Waals surface area (Å²) in [5.74, 6) is -1.14. The summed E-state index contributed by atoms with van der Waals surface area (Å²) in [5, 5.41) is 2.20. The van der Waals surface area contributed by atoms with Crippen LogP contribution >= 0.6 is 7.94 Å². The second-order valence-electron chi connectivity index (χ2n) is 2.85. The molecule has 0 aliphatic rings. The Balaban J connectivity index is 3.87. The summed E-state index contributed by atoms with van der Waals surface area (Å²) >= 11 is 0. The monoisotopic (exact) mass is 222 g/mol. The lowest BCUT2D eigenvalue weighted by molar-refractivity contribution is -0.122. The number of hydrogen-bond donors (Lipinski definition) is 4. The molecule has 0 fully saturated rings. The Labute approximate surface area is 81.8 Å². The van der Waals surface area contributed by atoms with Crippen molar-refractivity contribution < 1.29 is 24.3 Å². The first kappa shape index (κ1) is 13.2. The van der Waals surface area contributed by atoms with Crippen LogP contribution in [0.5, 0.6) is 0 Å². The minimum atomic E-state index is -4.08. The normalized spacial score (nSPS) is 10.9. The second kappa shape index (κ2) is 5.17. The molecule has 7 heteroatoms. The minimum absolute atomic E-state index is 0.246. The van der Waals surface area contributed by atoms with Gasteiger partial charge >= 0.3 is 7.94 Å². The highest BCUT2D eigenvalue weighted by atomic mass is 31.2. The third-order valence-corrected chi connectivity index (χ3v) is 2.00. The van der Waals surface area contributed by atoms with Gasteiger partial charge in [0.25, 0.3) is 0 Å². The van der Waals surface area contributed by atoms with E-state index in [0.29, 0.717) is 0 Å². The summed E-state index contributed by atoms with van der Waals surface area (Å²) in [7, 11) is -4.08. The molecule has 0 saturated carbocycles. The van der Waals surface area contributed by atoms with Crippen LogP contribution in [0.25, 0.3) is 0 Å². The van der Waals surface area contributed by atoms with Crippen molar-refractivity contribution in [3.05, 3.63) is 12.2 Å². The fourth-order valence-electron chi connectivity index (χ4n) is 0.622. The summed E-state index contributed by atoms with van der Waals surface area (Å²) in [6.45, 7) is 4.46. The van der Waals surface area contributed by atoms with E-state index in [1.807, 2.05) is 0 Å². The largest absolute Gasteiger partial charge is 0.411 e. The average molecular weight is 222 g/mol. The van der Waals surface area contributed by atoms with Gasteiger partial charge in [0.15, 0.2) is 11.9 Å². The SMILES string of the molecule is C=C(C)C(=O)NCC(=O)C[P+](O)(O)O. The molecule has 14 heavy (non-hydrogen) atoms. The molecule has 6 nitrogen and oxygen atoms in total. The summed E-state index contributed by atoms with van der Waals surface area (Å²) in [6, 6.07) is 0. The van der Waals surface area contributed by atoms with Crippen molar-refractivity contribution in [2.75, 3.05) is 12.7 Å². The number of nitrogens with one attached hydrogen (secondary N) is 1. The fourth-order valence-corrected chi connectivity index (χ4v) is 1.21. The van der Waals surface area contributed by atoms with Gasteiger partial charge in [-0.05, 0) is 6.92 Å². The van der Waals surface area contributed by atoms with E-state index in [-0.39, 0.29) is 12.1 Å². The Kier molecular flexibility index (Phi) is 4.87. The van der Waals surface area contributed by atoms with Gasteiger partial charge in [0, 0.05) is 5.57 Å². The van der Waals surface area contributed by atoms with Gasteiger partial charge in [0.2, 0.25) is 5.91 Å². The average Bonchev–Trinajstić information content (AvgIpc) is 1.96. The topological polar surface area (TPSA) is 107 Å². The minimum Gasteiger partial charge on any atom is -0.345 e. The van der Waals surface area contributed by atoms with Gasteiger partial charge in [-0.25, -0.2) is 0 Å². The highest BCUT2D eigenvalue weighted by Crippen LogP contribution is 2.43. The third-order valence-electron chi connectivity index (χ3n) is 1.22. The van der Waals surface area contributed by atoms with Gasteiger partial charge in [-0.15, -0.1) is 0 Å². The van der Waals surface area contributed by atoms with Crippen molar-refractivity contribution in [3.8, 4) is 0 Å². The summed E-state index contributed by atoms with van der Waals surface area (Å²) < 4.78 is 0. The summed E-state index contributed by atoms with van der Waals surface area (Å²) in [6.07, 6.45) is -0.747. The number of hydrogen-bond acceptors (Lipinski definition) is 5. The Hall–Kier alpha value is -0.810. The summed E-state index contributed by atoms with van der Waals surface area (Å²) in [5.41, 5.74) is 0.246. The van der Waals surface area contributed by atoms with Gasteiger partial charge in [0.05, 0.1) is 6.54 Å². The van der Waals surface area contributed by atoms with Crippen molar-refractivity contribution in [2.24, 2.45) is 0 Å². The lowest BCUT2D eigenvalue weighted by Crippen LogP contribution is -2.31. The molecule has 0 saturated heterocycles. The number of carbonyl (C=O) groups is 2. The third kappa shape index (κ3) is 6.68. The predicted octanol–water partition coefficient (Wildman–Crippen LogP) is -1.01. The maximum absolute atomic E-state index is 10.9. The zero-order chi connectivity index (χ0) is 11.4. The molecule has 0 aliphatic heterocycles. The molecule has 0 aliphatic carbocycles. The van der Waals surface area contributed by atoms with E-state index in [0.717, 1.165) is 0 Å². The molecule has 0 aromatic heterocycles. The van der Waals surface area contributed by atoms with E-state index in [9.17, 15) is 9.59 Å². The Morgan fingerprint density at radius 1 is 1.36 bits per heavy atom. The molecule has 80 valence electrons. The summed E-state index contributed by atoms with van der Waals surface area (Å²) in [4.78, 5) is 47.4. The fraction of sp³-hybridized carbons (Fsp3) is 0.429. The van der Waals surface area contributed by atoms with Gasteiger partial charge < -0.3 is 5.32 Å². The van der Waals surface area contributed by atoms with Gasteiger partial charge in [-0.1, -0.05) is 6.58 Å². The Bertz CT molecular complexity index is 257. The van der Waals surface area contributed by atoms with E-state index in [4.69, 9.17) is 14.7 Å². The first-order valence-corrected chi connectivity index (χ1v) is 5.57. The van der Waals surface area contributed by atoms with E-state index in [2.05, 4.69) is 11.9 Å². The second-order valence-corrected chi connectivity index (χ2v) is 4.55. The maximum atomic E-state index is 10.9. The molecule has 0 heterocycles. The van der Waals surface area contributed by atoms with Crippen LogP contribution in [0, 0.1) is 0 Å². The van der Waals surface area contributed by atoms with Crippen molar-refractivity contribution >= 4 is 19.6 Å². The Morgan fingerprint density at radius 3 is 2.21 bits per heavy atom. The quantitative estimate of drug-likeness (QED) is 0.352. The van der Waals surface area contributed by atoms with Gasteiger partial charge in [-0.2, -0.15) is 14.7 Å². The van der Waals surface area contributed by atoms with Crippen LogP contribution in [0.4, 0.5) is 0 Å². The van der Waals surface area contributed by atoms with E-state index >= 15 is 0 Å². The van der Waals surface area contributed by atoms with Gasteiger partial charge in [0.1, 0.15) is 0 Å². The first-order chi connectivity index (χ1) is 6.22. The molecule has 0 bridgehead atoms. The molecule has 1 amide bonds. The van der Waals surface area contributed by atoms with Crippen LogP contribution in [-0.4, -0.2) is 39.1 Å². The lowest BCUT2D eigenvalue weighted by atomic mass is 10.3. The highest BCUT2D eigenvalue weighted by Gasteiger charge is 2.33. The number of ketones is 1. The van der Waals surface area contributed by atoms with Crippen molar-refractivity contribution in [1.82, 2.24) is 5.32 Å². The molecule has 0 atom stereocenters. The van der Waals surface area contributed by atoms with E-state index in [1.165, 1.54) is 6.92 Å². The molecule has 4 N–H and O–H groups in total. The predicted molar refractivity (Wildman–Crippen MR) is 51.3 cm³/mol. The van der Waals surface area contributed by atoms with Crippen molar-refractivity contribution in [1.29, 1.82) is 0 Å². The zero-order valence-electron chi connectivity index (χ0n) is 7.73. The van der Waals surface area contributed by atoms with Crippen molar-refractivity contribution in [3.63, 3.8) is 0 Å². The number of amides is 1. The van der Waals surface area contributed by atoms with Crippen LogP contribution in [0.3, 0.4) is 0 Å². The smallest absolute Gasteiger partial charge is 0.345 e. The van der Waals surface area contributed by atoms with Crippen LogP contribution in [0.15, 0.2) is 12.2 Å². The Morgan fingerprint density at radius 2 is 1.86 bits per heavy atom. The lowest BCUT2D eigenvalue weighted by Gasteiger charge is -2.04. The number of Topliss-reactive ketones (excluding diaryl/α,β-unsaturated/α-hetero) is 1. The number of carbonyl (C=O) groups excluding carboxylic acids is 2. The van der Waals surface area contributed by atoms with Crippen LogP contribution in [-0.2, 0) is 9.59 Å². The molecule has 0 spiro atoms. The van der Waals surface area contributed by atoms with Crippen molar-refractivity contribution in [2.45, 2.75) is 6.92 Å². The van der Waals surface area contributed by atoms with E-state index in [1.54, 1.807) is 0 Å². The molecule has 0 aromatic rings. The first-order valence-electron chi connectivity index (χ1n) is 3.74. The number of rotatable bonds is 5. The molecular formula is C7H13NO5P+. The van der Waals surface area contributed by atoms with E-state index < -0.39 is 25.8 Å². The standard InChI is InChI=1S/C7H12NO5P/c1-5(2)7(10)8-3-6(9)4-14(11,12)13/h11-13H,1,3-4H2,2H3/p+1. The molecular weight excluding hydrogens is 209 g/mol. The zero-order valence-corrected chi connectivity index (χ0v) is 8.62. The van der Waals surface area contributed by atoms with Crippen LogP contribution < -0.4 is 5.32 Å². The molecule has 0 radical (unpaired) electrons. The maximum Gasteiger partial charge on any atom is 0.411 e. The highest BCUT2D eigenvalue weighted by molar-refractivity contribution is 7.59. The molecule has 0 aromatic carbocycles.